The molecule has 5 heteroatoms. The van der Waals surface area contributed by atoms with E-state index in [-0.39, 0.29) is 0 Å². The van der Waals surface area contributed by atoms with Gasteiger partial charge >= 0.3 is 0 Å². The van der Waals surface area contributed by atoms with E-state index in [1.165, 1.54) is 4.88 Å². The van der Waals surface area contributed by atoms with Crippen LogP contribution in [0, 0.1) is 6.92 Å². The van der Waals surface area contributed by atoms with Gasteiger partial charge in [0.1, 0.15) is 0 Å². The zero-order chi connectivity index (χ0) is 9.68. The predicted octanol–water partition coefficient (Wildman–Crippen LogP) is 0.746. The van der Waals surface area contributed by atoms with Crippen molar-refractivity contribution < 1.29 is 0 Å². The molecule has 0 aliphatic carbocycles. The van der Waals surface area contributed by atoms with Crippen LogP contribution in [0.4, 0.5) is 0 Å². The molecule has 2 N–H and O–H groups in total. The van der Waals surface area contributed by atoms with Crippen molar-refractivity contribution in [1.29, 1.82) is 0 Å². The van der Waals surface area contributed by atoms with Crippen molar-refractivity contribution in [1.82, 2.24) is 15.6 Å². The Balaban J connectivity index is 2.43. The van der Waals surface area contributed by atoms with Gasteiger partial charge in [-0.1, -0.05) is 0 Å². The Morgan fingerprint density at radius 2 is 2.46 bits per heavy atom. The Morgan fingerprint density at radius 1 is 1.69 bits per heavy atom. The molecule has 0 radical (unpaired) electrons. The first-order valence-electron chi connectivity index (χ1n) is 4.06. The second kappa shape index (κ2) is 4.81. The number of guanidine groups is 1. The van der Waals surface area contributed by atoms with Crippen LogP contribution in [0.25, 0.3) is 0 Å². The number of aromatic nitrogens is 1. The molecule has 0 bridgehead atoms. The van der Waals surface area contributed by atoms with Gasteiger partial charge in [0.2, 0.25) is 0 Å². The van der Waals surface area contributed by atoms with Gasteiger partial charge in [-0.15, -0.1) is 11.3 Å². The second-order valence-corrected chi connectivity index (χ2v) is 3.84. The van der Waals surface area contributed by atoms with Gasteiger partial charge in [-0.25, -0.2) is 4.98 Å². The number of aryl methyl sites for hydroxylation is 1. The Labute approximate surface area is 82.1 Å². The lowest BCUT2D eigenvalue weighted by Gasteiger charge is -2.05. The maximum absolute atomic E-state index is 4.16. The number of rotatable bonds is 2. The van der Waals surface area contributed by atoms with Crippen molar-refractivity contribution >= 4 is 17.3 Å². The fourth-order valence-electron chi connectivity index (χ4n) is 0.937. The van der Waals surface area contributed by atoms with E-state index in [2.05, 4.69) is 20.6 Å². The summed E-state index contributed by atoms with van der Waals surface area (Å²) in [6.07, 6.45) is 1.88. The highest BCUT2D eigenvalue weighted by atomic mass is 32.1. The first-order valence-corrected chi connectivity index (χ1v) is 4.87. The number of hydrogen-bond donors (Lipinski definition) is 2. The highest BCUT2D eigenvalue weighted by Gasteiger charge is 1.98. The fourth-order valence-corrected chi connectivity index (χ4v) is 1.67. The molecule has 0 saturated heterocycles. The number of thiazole rings is 1. The van der Waals surface area contributed by atoms with Gasteiger partial charge in [0.05, 0.1) is 11.6 Å². The molecule has 0 unspecified atom stereocenters. The minimum absolute atomic E-state index is 0.777. The van der Waals surface area contributed by atoms with E-state index in [1.54, 1.807) is 18.4 Å². The standard InChI is InChI=1S/C8H14N4S/c1-6-11-4-7(13-6)5-12-8(9-2)10-3/h4H,5H2,1-3H3,(H2,9,10,12). The number of nitrogens with one attached hydrogen (secondary N) is 2. The van der Waals surface area contributed by atoms with E-state index < -0.39 is 0 Å². The van der Waals surface area contributed by atoms with Crippen molar-refractivity contribution in [2.24, 2.45) is 4.99 Å². The molecule has 72 valence electrons. The zero-order valence-corrected chi connectivity index (χ0v) is 8.90. The molecule has 0 amide bonds. The molecule has 0 aliphatic rings. The number of hydrogen-bond acceptors (Lipinski definition) is 3. The monoisotopic (exact) mass is 198 g/mol. The Morgan fingerprint density at radius 3 is 2.92 bits per heavy atom. The van der Waals surface area contributed by atoms with Crippen LogP contribution >= 0.6 is 11.3 Å². The van der Waals surface area contributed by atoms with Crippen LogP contribution in [0.5, 0.6) is 0 Å². The first kappa shape index (κ1) is 9.98. The van der Waals surface area contributed by atoms with Crippen LogP contribution in [0.15, 0.2) is 11.2 Å². The zero-order valence-electron chi connectivity index (χ0n) is 8.09. The minimum Gasteiger partial charge on any atom is -0.359 e. The van der Waals surface area contributed by atoms with E-state index in [4.69, 9.17) is 0 Å². The third kappa shape index (κ3) is 3.02. The summed E-state index contributed by atoms with van der Waals surface area (Å²) < 4.78 is 0. The SMILES string of the molecule is CN=C(NC)NCc1cnc(C)s1. The lowest BCUT2D eigenvalue weighted by Crippen LogP contribution is -2.33. The minimum atomic E-state index is 0.777. The first-order chi connectivity index (χ1) is 6.26. The predicted molar refractivity (Wildman–Crippen MR) is 56.1 cm³/mol. The summed E-state index contributed by atoms with van der Waals surface area (Å²) in [6, 6.07) is 0. The normalized spacial score (nSPS) is 11.5. The van der Waals surface area contributed by atoms with Crippen molar-refractivity contribution in [2.45, 2.75) is 13.5 Å². The molecule has 1 rings (SSSR count). The largest absolute Gasteiger partial charge is 0.359 e. The lowest BCUT2D eigenvalue weighted by molar-refractivity contribution is 0.877. The molecule has 0 saturated carbocycles. The molecule has 0 spiro atoms. The summed E-state index contributed by atoms with van der Waals surface area (Å²) in [5.41, 5.74) is 0. The van der Waals surface area contributed by atoms with Crippen LogP contribution in [-0.4, -0.2) is 25.0 Å². The summed E-state index contributed by atoms with van der Waals surface area (Å²) in [4.78, 5) is 9.39. The van der Waals surface area contributed by atoms with Gasteiger partial charge in [-0.05, 0) is 6.92 Å². The second-order valence-electron chi connectivity index (χ2n) is 2.52. The molecule has 13 heavy (non-hydrogen) atoms. The van der Waals surface area contributed by atoms with Crippen molar-refractivity contribution in [3.63, 3.8) is 0 Å². The van der Waals surface area contributed by atoms with Crippen molar-refractivity contribution in [3.05, 3.63) is 16.1 Å². The van der Waals surface area contributed by atoms with Crippen LogP contribution in [0.1, 0.15) is 9.88 Å². The average molecular weight is 198 g/mol. The average Bonchev–Trinajstić information content (AvgIpc) is 2.53. The third-order valence-corrected chi connectivity index (χ3v) is 2.47. The molecule has 0 fully saturated rings. The van der Waals surface area contributed by atoms with Crippen molar-refractivity contribution in [2.75, 3.05) is 14.1 Å². The fraction of sp³-hybridized carbons (Fsp3) is 0.500. The Hall–Kier alpha value is -1.10. The summed E-state index contributed by atoms with van der Waals surface area (Å²) in [6.45, 7) is 2.78. The van der Waals surface area contributed by atoms with Gasteiger partial charge in [0, 0.05) is 25.2 Å². The van der Waals surface area contributed by atoms with Crippen molar-refractivity contribution in [3.8, 4) is 0 Å². The smallest absolute Gasteiger partial charge is 0.191 e. The highest BCUT2D eigenvalue weighted by Crippen LogP contribution is 2.10. The van der Waals surface area contributed by atoms with E-state index in [1.807, 2.05) is 20.2 Å². The van der Waals surface area contributed by atoms with E-state index in [9.17, 15) is 0 Å². The summed E-state index contributed by atoms with van der Waals surface area (Å²) in [7, 11) is 3.59. The molecule has 0 aromatic carbocycles. The van der Waals surface area contributed by atoms with Gasteiger partial charge in [0.25, 0.3) is 0 Å². The summed E-state index contributed by atoms with van der Waals surface area (Å²) in [5.74, 6) is 0.797. The van der Waals surface area contributed by atoms with Gasteiger partial charge in [-0.3, -0.25) is 4.99 Å². The van der Waals surface area contributed by atoms with E-state index in [0.717, 1.165) is 17.5 Å². The van der Waals surface area contributed by atoms with Crippen LogP contribution in [-0.2, 0) is 6.54 Å². The van der Waals surface area contributed by atoms with Gasteiger partial charge in [-0.2, -0.15) is 0 Å². The Kier molecular flexibility index (Phi) is 3.70. The molecule has 1 aromatic heterocycles. The molecular formula is C8H14N4S. The molecule has 0 aliphatic heterocycles. The lowest BCUT2D eigenvalue weighted by atomic mass is 10.5. The maximum atomic E-state index is 4.16. The summed E-state index contributed by atoms with van der Waals surface area (Å²) >= 11 is 1.69. The summed E-state index contributed by atoms with van der Waals surface area (Å²) in [5, 5.41) is 7.20. The molecule has 1 heterocycles. The number of aliphatic imine (C=N–C) groups is 1. The quantitative estimate of drug-likeness (QED) is 0.544. The number of nitrogens with zero attached hydrogens (tertiary/aromatic N) is 2. The van der Waals surface area contributed by atoms with Gasteiger partial charge < -0.3 is 10.6 Å². The topological polar surface area (TPSA) is 49.3 Å². The third-order valence-electron chi connectivity index (χ3n) is 1.56. The van der Waals surface area contributed by atoms with Crippen LogP contribution < -0.4 is 10.6 Å². The van der Waals surface area contributed by atoms with Gasteiger partial charge in [0.15, 0.2) is 5.96 Å². The molecular weight excluding hydrogens is 184 g/mol. The molecule has 0 atom stereocenters. The molecule has 1 aromatic rings. The maximum Gasteiger partial charge on any atom is 0.191 e. The molecule has 4 nitrogen and oxygen atoms in total. The van der Waals surface area contributed by atoms with Crippen LogP contribution in [0.3, 0.4) is 0 Å². The van der Waals surface area contributed by atoms with E-state index in [0.29, 0.717) is 0 Å². The Bertz CT molecular complexity index is 292. The highest BCUT2D eigenvalue weighted by molar-refractivity contribution is 7.11. The van der Waals surface area contributed by atoms with Crippen LogP contribution in [0.2, 0.25) is 0 Å². The van der Waals surface area contributed by atoms with E-state index >= 15 is 0 Å².